The molecule has 0 saturated carbocycles. The fraction of sp³-hybridized carbons (Fsp3) is 0.0909. The Morgan fingerprint density at radius 2 is 1.54 bits per heavy atom. The molecule has 3 aromatic carbocycles. The van der Waals surface area contributed by atoms with Gasteiger partial charge in [-0.2, -0.15) is 0 Å². The van der Waals surface area contributed by atoms with Gasteiger partial charge in [0.25, 0.3) is 5.91 Å². The zero-order valence-electron chi connectivity index (χ0n) is 15.3. The van der Waals surface area contributed by atoms with Gasteiger partial charge in [0.1, 0.15) is 17.2 Å². The molecule has 0 saturated heterocycles. The number of rotatable bonds is 6. The van der Waals surface area contributed by atoms with Gasteiger partial charge in [0.05, 0.1) is 0 Å². The molecule has 0 aliphatic heterocycles. The summed E-state index contributed by atoms with van der Waals surface area (Å²) in [5, 5.41) is 5.76. The lowest BCUT2D eigenvalue weighted by Gasteiger charge is -2.12. The SMILES string of the molecule is Cc1ccccc1OCC(=O)NC(=S)Nc1ccc(Oc2ccccc2)cc1. The number of hydrogen-bond donors (Lipinski definition) is 2. The summed E-state index contributed by atoms with van der Waals surface area (Å²) in [6.07, 6.45) is 0. The van der Waals surface area contributed by atoms with E-state index < -0.39 is 0 Å². The van der Waals surface area contributed by atoms with Gasteiger partial charge in [-0.15, -0.1) is 0 Å². The molecule has 0 bridgehead atoms. The molecule has 1 amide bonds. The highest BCUT2D eigenvalue weighted by atomic mass is 32.1. The van der Waals surface area contributed by atoms with E-state index in [1.54, 1.807) is 0 Å². The van der Waals surface area contributed by atoms with Crippen molar-refractivity contribution in [2.24, 2.45) is 0 Å². The Labute approximate surface area is 169 Å². The molecule has 2 N–H and O–H groups in total. The van der Waals surface area contributed by atoms with Crippen molar-refractivity contribution in [3.8, 4) is 17.2 Å². The number of hydrogen-bond acceptors (Lipinski definition) is 4. The van der Waals surface area contributed by atoms with Gasteiger partial charge >= 0.3 is 0 Å². The first-order chi connectivity index (χ1) is 13.6. The zero-order valence-corrected chi connectivity index (χ0v) is 16.2. The highest BCUT2D eigenvalue weighted by Crippen LogP contribution is 2.22. The number of benzene rings is 3. The minimum atomic E-state index is -0.329. The summed E-state index contributed by atoms with van der Waals surface area (Å²) >= 11 is 5.18. The Kier molecular flexibility index (Phi) is 6.59. The molecule has 0 aromatic heterocycles. The first-order valence-corrected chi connectivity index (χ1v) is 9.13. The van der Waals surface area contributed by atoms with Crippen LogP contribution in [0.2, 0.25) is 0 Å². The van der Waals surface area contributed by atoms with Crippen molar-refractivity contribution in [1.82, 2.24) is 5.32 Å². The number of para-hydroxylation sites is 2. The molecular weight excluding hydrogens is 372 g/mol. The third-order valence-electron chi connectivity index (χ3n) is 3.80. The van der Waals surface area contributed by atoms with Crippen molar-refractivity contribution in [2.45, 2.75) is 6.92 Å². The summed E-state index contributed by atoms with van der Waals surface area (Å²) in [4.78, 5) is 12.0. The largest absolute Gasteiger partial charge is 0.483 e. The summed E-state index contributed by atoms with van der Waals surface area (Å²) in [6.45, 7) is 1.81. The molecule has 0 atom stereocenters. The van der Waals surface area contributed by atoms with Crippen LogP contribution in [0.1, 0.15) is 5.56 Å². The smallest absolute Gasteiger partial charge is 0.264 e. The molecule has 0 heterocycles. The van der Waals surface area contributed by atoms with Crippen molar-refractivity contribution < 1.29 is 14.3 Å². The predicted octanol–water partition coefficient (Wildman–Crippen LogP) is 4.68. The van der Waals surface area contributed by atoms with Crippen LogP contribution >= 0.6 is 12.2 Å². The van der Waals surface area contributed by atoms with E-state index in [1.165, 1.54) is 0 Å². The molecule has 0 aliphatic rings. The maximum Gasteiger partial charge on any atom is 0.264 e. The van der Waals surface area contributed by atoms with E-state index in [9.17, 15) is 4.79 Å². The Morgan fingerprint density at radius 3 is 2.25 bits per heavy atom. The molecule has 142 valence electrons. The second-order valence-electron chi connectivity index (χ2n) is 6.00. The molecule has 0 aliphatic carbocycles. The Bertz CT molecular complexity index is 944. The van der Waals surface area contributed by atoms with Gasteiger partial charge in [-0.1, -0.05) is 36.4 Å². The van der Waals surface area contributed by atoms with E-state index in [2.05, 4.69) is 10.6 Å². The maximum atomic E-state index is 12.0. The van der Waals surface area contributed by atoms with Gasteiger partial charge in [-0.25, -0.2) is 0 Å². The minimum absolute atomic E-state index is 0.115. The molecule has 3 aromatic rings. The lowest BCUT2D eigenvalue weighted by atomic mass is 10.2. The van der Waals surface area contributed by atoms with Crippen molar-refractivity contribution >= 4 is 28.9 Å². The second kappa shape index (κ2) is 9.53. The van der Waals surface area contributed by atoms with Crippen LogP contribution in [0.3, 0.4) is 0 Å². The first-order valence-electron chi connectivity index (χ1n) is 8.72. The maximum absolute atomic E-state index is 12.0. The number of thiocarbonyl (C=S) groups is 1. The predicted molar refractivity (Wildman–Crippen MR) is 114 cm³/mol. The summed E-state index contributed by atoms with van der Waals surface area (Å²) in [5.74, 6) is 1.81. The van der Waals surface area contributed by atoms with Gasteiger partial charge in [-0.05, 0) is 67.2 Å². The van der Waals surface area contributed by atoms with E-state index in [0.717, 1.165) is 17.0 Å². The van der Waals surface area contributed by atoms with Gasteiger partial charge in [0.2, 0.25) is 0 Å². The Morgan fingerprint density at radius 1 is 0.893 bits per heavy atom. The Hall–Kier alpha value is -3.38. The van der Waals surface area contributed by atoms with Crippen molar-refractivity contribution in [3.63, 3.8) is 0 Å². The van der Waals surface area contributed by atoms with Crippen LogP contribution in [0, 0.1) is 6.92 Å². The van der Waals surface area contributed by atoms with Crippen LogP contribution in [0.15, 0.2) is 78.9 Å². The lowest BCUT2D eigenvalue weighted by molar-refractivity contribution is -0.121. The topological polar surface area (TPSA) is 59.6 Å². The number of nitrogens with one attached hydrogen (secondary N) is 2. The van der Waals surface area contributed by atoms with Crippen molar-refractivity contribution in [3.05, 3.63) is 84.4 Å². The van der Waals surface area contributed by atoms with E-state index in [-0.39, 0.29) is 17.6 Å². The van der Waals surface area contributed by atoms with Crippen molar-refractivity contribution in [2.75, 3.05) is 11.9 Å². The zero-order chi connectivity index (χ0) is 19.8. The Balaban J connectivity index is 1.46. The van der Waals surface area contributed by atoms with Crippen LogP contribution < -0.4 is 20.1 Å². The molecule has 28 heavy (non-hydrogen) atoms. The molecule has 6 heteroatoms. The molecule has 0 fully saturated rings. The van der Waals surface area contributed by atoms with Gasteiger partial charge < -0.3 is 14.8 Å². The summed E-state index contributed by atoms with van der Waals surface area (Å²) in [6, 6.07) is 24.3. The molecule has 0 unspecified atom stereocenters. The van der Waals surface area contributed by atoms with E-state index in [4.69, 9.17) is 21.7 Å². The van der Waals surface area contributed by atoms with Crippen LogP contribution in [0.25, 0.3) is 0 Å². The van der Waals surface area contributed by atoms with Gasteiger partial charge in [-0.3, -0.25) is 10.1 Å². The normalized spacial score (nSPS) is 10.0. The molecule has 5 nitrogen and oxygen atoms in total. The summed E-state index contributed by atoms with van der Waals surface area (Å²) < 4.78 is 11.2. The standard InChI is InChI=1S/C22H20N2O3S/c1-16-7-5-6-10-20(16)26-15-21(25)24-22(28)23-17-11-13-19(14-12-17)27-18-8-3-2-4-9-18/h2-14H,15H2,1H3,(H2,23,24,25,28). The number of aryl methyl sites for hydroxylation is 1. The van der Waals surface area contributed by atoms with E-state index >= 15 is 0 Å². The fourth-order valence-electron chi connectivity index (χ4n) is 2.42. The van der Waals surface area contributed by atoms with Gasteiger partial charge in [0.15, 0.2) is 11.7 Å². The quantitative estimate of drug-likeness (QED) is 0.597. The van der Waals surface area contributed by atoms with Gasteiger partial charge in [0, 0.05) is 5.69 Å². The van der Waals surface area contributed by atoms with Crippen LogP contribution in [0.4, 0.5) is 5.69 Å². The molecule has 0 radical (unpaired) electrons. The number of anilines is 1. The third kappa shape index (κ3) is 5.82. The minimum Gasteiger partial charge on any atom is -0.483 e. The monoisotopic (exact) mass is 392 g/mol. The summed E-state index contributed by atoms with van der Waals surface area (Å²) in [5.41, 5.74) is 1.71. The summed E-state index contributed by atoms with van der Waals surface area (Å²) in [7, 11) is 0. The van der Waals surface area contributed by atoms with Crippen LogP contribution in [0.5, 0.6) is 17.2 Å². The van der Waals surface area contributed by atoms with E-state index in [0.29, 0.717) is 11.5 Å². The number of carbonyl (C=O) groups is 1. The third-order valence-corrected chi connectivity index (χ3v) is 4.00. The van der Waals surface area contributed by atoms with E-state index in [1.807, 2.05) is 85.8 Å². The van der Waals surface area contributed by atoms with Crippen molar-refractivity contribution in [1.29, 1.82) is 0 Å². The number of amides is 1. The molecule has 0 spiro atoms. The molecular formula is C22H20N2O3S. The first kappa shape index (κ1) is 19.4. The highest BCUT2D eigenvalue weighted by Gasteiger charge is 2.07. The number of carbonyl (C=O) groups excluding carboxylic acids is 1. The number of ether oxygens (including phenoxy) is 2. The average Bonchev–Trinajstić information content (AvgIpc) is 2.69. The molecule has 3 rings (SSSR count). The van der Waals surface area contributed by atoms with Crippen LogP contribution in [-0.4, -0.2) is 17.6 Å². The highest BCUT2D eigenvalue weighted by molar-refractivity contribution is 7.80. The lowest BCUT2D eigenvalue weighted by Crippen LogP contribution is -2.37. The second-order valence-corrected chi connectivity index (χ2v) is 6.40. The van der Waals surface area contributed by atoms with Crippen LogP contribution in [-0.2, 0) is 4.79 Å². The fourth-order valence-corrected chi connectivity index (χ4v) is 2.65. The average molecular weight is 392 g/mol.